The zero-order valence-corrected chi connectivity index (χ0v) is 8.35. The number of halogens is 1. The summed E-state index contributed by atoms with van der Waals surface area (Å²) in [7, 11) is 0. The molecule has 0 radical (unpaired) electrons. The molecule has 4 nitrogen and oxygen atoms in total. The molecule has 2 aromatic heterocycles. The molecule has 5 heteroatoms. The highest BCUT2D eigenvalue weighted by atomic mass is 79.9. The summed E-state index contributed by atoms with van der Waals surface area (Å²) in [4.78, 5) is 8.20. The third-order valence-electron chi connectivity index (χ3n) is 1.58. The molecular formula is C8H7BrN4. The topological polar surface area (TPSA) is 43.6 Å². The maximum atomic E-state index is 4.10. The summed E-state index contributed by atoms with van der Waals surface area (Å²) in [6, 6.07) is 3.67. The fourth-order valence-corrected chi connectivity index (χ4v) is 1.31. The lowest BCUT2D eigenvalue weighted by Crippen LogP contribution is -2.05. The Morgan fingerprint density at radius 2 is 2.00 bits per heavy atom. The molecule has 0 aliphatic heterocycles. The highest BCUT2D eigenvalue weighted by molar-refractivity contribution is 9.10. The molecule has 2 heterocycles. The lowest BCUT2D eigenvalue weighted by molar-refractivity contribution is 0.642. The van der Waals surface area contributed by atoms with Crippen molar-refractivity contribution in [3.63, 3.8) is 0 Å². The van der Waals surface area contributed by atoms with Crippen LogP contribution in [0.15, 0.2) is 35.3 Å². The van der Waals surface area contributed by atoms with E-state index >= 15 is 0 Å². The lowest BCUT2D eigenvalue weighted by Gasteiger charge is -2.00. The van der Waals surface area contributed by atoms with Crippen LogP contribution in [-0.2, 0) is 6.54 Å². The van der Waals surface area contributed by atoms with Gasteiger partial charge in [-0.3, -0.25) is 4.68 Å². The van der Waals surface area contributed by atoms with Crippen molar-refractivity contribution in [3.8, 4) is 0 Å². The first-order valence-electron chi connectivity index (χ1n) is 3.79. The van der Waals surface area contributed by atoms with Gasteiger partial charge in [0.2, 0.25) is 0 Å². The molecule has 0 aliphatic rings. The van der Waals surface area contributed by atoms with Crippen LogP contribution < -0.4 is 0 Å². The van der Waals surface area contributed by atoms with Gasteiger partial charge in [-0.15, -0.1) is 0 Å². The Kier molecular flexibility index (Phi) is 2.35. The Labute approximate surface area is 83.8 Å². The Balaban J connectivity index is 2.20. The molecule has 0 unspecified atom stereocenters. The van der Waals surface area contributed by atoms with E-state index in [0.717, 1.165) is 10.4 Å². The minimum Gasteiger partial charge on any atom is -0.251 e. The summed E-state index contributed by atoms with van der Waals surface area (Å²) in [5.74, 6) is 0.756. The van der Waals surface area contributed by atoms with Crippen molar-refractivity contribution in [2.45, 2.75) is 6.54 Å². The fourth-order valence-electron chi connectivity index (χ4n) is 0.978. The smallest absolute Gasteiger partial charge is 0.149 e. The first kappa shape index (κ1) is 8.37. The Morgan fingerprint density at radius 3 is 2.62 bits per heavy atom. The molecule has 0 amide bonds. The molecule has 66 valence electrons. The van der Waals surface area contributed by atoms with E-state index in [-0.39, 0.29) is 0 Å². The summed E-state index contributed by atoms with van der Waals surface area (Å²) < 4.78 is 2.72. The molecule has 2 aromatic rings. The quantitative estimate of drug-likeness (QED) is 0.797. The monoisotopic (exact) mass is 238 g/mol. The maximum Gasteiger partial charge on any atom is 0.149 e. The normalized spacial score (nSPS) is 10.2. The summed E-state index contributed by atoms with van der Waals surface area (Å²) in [6.07, 6.45) is 5.17. The first-order chi connectivity index (χ1) is 6.36. The fraction of sp³-hybridized carbons (Fsp3) is 0.125. The van der Waals surface area contributed by atoms with Crippen LogP contribution in [0.25, 0.3) is 0 Å². The van der Waals surface area contributed by atoms with Crippen LogP contribution in [0.4, 0.5) is 0 Å². The van der Waals surface area contributed by atoms with Crippen molar-refractivity contribution in [1.82, 2.24) is 19.7 Å². The number of aromatic nitrogens is 4. The summed E-state index contributed by atoms with van der Waals surface area (Å²) >= 11 is 3.37. The van der Waals surface area contributed by atoms with Gasteiger partial charge < -0.3 is 0 Å². The maximum absolute atomic E-state index is 4.10. The molecule has 0 N–H and O–H groups in total. The Bertz CT molecular complexity index is 384. The SMILES string of the molecule is Brc1ccnn1Cc1ncccn1. The lowest BCUT2D eigenvalue weighted by atomic mass is 10.5. The predicted octanol–water partition coefficient (Wildman–Crippen LogP) is 1.48. The van der Waals surface area contributed by atoms with Gasteiger partial charge in [-0.1, -0.05) is 0 Å². The van der Waals surface area contributed by atoms with Gasteiger partial charge in [0.1, 0.15) is 17.0 Å². The van der Waals surface area contributed by atoms with Crippen LogP contribution in [0, 0.1) is 0 Å². The highest BCUT2D eigenvalue weighted by Crippen LogP contribution is 2.08. The Morgan fingerprint density at radius 1 is 1.23 bits per heavy atom. The standard InChI is InChI=1S/C8H7BrN4/c9-7-2-5-12-13(7)6-8-10-3-1-4-11-8/h1-5H,6H2. The molecule has 0 saturated carbocycles. The summed E-state index contributed by atoms with van der Waals surface area (Å²) in [6.45, 7) is 0.592. The van der Waals surface area contributed by atoms with Gasteiger partial charge in [0, 0.05) is 12.4 Å². The van der Waals surface area contributed by atoms with E-state index in [1.54, 1.807) is 29.3 Å². The van der Waals surface area contributed by atoms with E-state index in [1.807, 2.05) is 6.07 Å². The molecule has 0 bridgehead atoms. The summed E-state index contributed by atoms with van der Waals surface area (Å²) in [5.41, 5.74) is 0. The van der Waals surface area contributed by atoms with E-state index in [0.29, 0.717) is 6.54 Å². The van der Waals surface area contributed by atoms with Crippen LogP contribution in [0.1, 0.15) is 5.82 Å². The van der Waals surface area contributed by atoms with Crippen LogP contribution in [-0.4, -0.2) is 19.7 Å². The van der Waals surface area contributed by atoms with Gasteiger partial charge >= 0.3 is 0 Å². The van der Waals surface area contributed by atoms with Crippen LogP contribution in [0.5, 0.6) is 0 Å². The van der Waals surface area contributed by atoms with Gasteiger partial charge in [-0.25, -0.2) is 9.97 Å². The molecule has 0 atom stereocenters. The van der Waals surface area contributed by atoms with Gasteiger partial charge in [0.25, 0.3) is 0 Å². The van der Waals surface area contributed by atoms with Crippen LogP contribution in [0.3, 0.4) is 0 Å². The average Bonchev–Trinajstić information content (AvgIpc) is 2.54. The van der Waals surface area contributed by atoms with Crippen molar-refractivity contribution >= 4 is 15.9 Å². The third-order valence-corrected chi connectivity index (χ3v) is 2.25. The minimum absolute atomic E-state index is 0.592. The number of hydrogen-bond acceptors (Lipinski definition) is 3. The van der Waals surface area contributed by atoms with Crippen molar-refractivity contribution in [2.24, 2.45) is 0 Å². The molecule has 13 heavy (non-hydrogen) atoms. The molecular weight excluding hydrogens is 232 g/mol. The van der Waals surface area contributed by atoms with Gasteiger partial charge in [0.15, 0.2) is 0 Å². The second kappa shape index (κ2) is 3.66. The molecule has 0 fully saturated rings. The van der Waals surface area contributed by atoms with Crippen molar-refractivity contribution in [1.29, 1.82) is 0 Å². The van der Waals surface area contributed by atoms with Crippen LogP contribution >= 0.6 is 15.9 Å². The second-order valence-corrected chi connectivity index (χ2v) is 3.29. The first-order valence-corrected chi connectivity index (χ1v) is 4.59. The molecule has 0 spiro atoms. The van der Waals surface area contributed by atoms with E-state index in [1.165, 1.54) is 0 Å². The third kappa shape index (κ3) is 1.92. The summed E-state index contributed by atoms with van der Waals surface area (Å²) in [5, 5.41) is 4.10. The van der Waals surface area contributed by atoms with Crippen molar-refractivity contribution in [2.75, 3.05) is 0 Å². The molecule has 0 aromatic carbocycles. The highest BCUT2D eigenvalue weighted by Gasteiger charge is 2.00. The molecule has 2 rings (SSSR count). The molecule has 0 aliphatic carbocycles. The van der Waals surface area contributed by atoms with Crippen molar-refractivity contribution < 1.29 is 0 Å². The predicted molar refractivity (Wildman–Crippen MR) is 51.1 cm³/mol. The second-order valence-electron chi connectivity index (χ2n) is 2.48. The van der Waals surface area contributed by atoms with E-state index in [9.17, 15) is 0 Å². The van der Waals surface area contributed by atoms with Gasteiger partial charge in [0.05, 0.1) is 6.20 Å². The van der Waals surface area contributed by atoms with Gasteiger partial charge in [-0.2, -0.15) is 5.10 Å². The zero-order chi connectivity index (χ0) is 9.10. The van der Waals surface area contributed by atoms with E-state index in [4.69, 9.17) is 0 Å². The van der Waals surface area contributed by atoms with Gasteiger partial charge in [-0.05, 0) is 28.1 Å². The van der Waals surface area contributed by atoms with E-state index < -0.39 is 0 Å². The number of nitrogens with zero attached hydrogens (tertiary/aromatic N) is 4. The Hall–Kier alpha value is -1.23. The largest absolute Gasteiger partial charge is 0.251 e. The van der Waals surface area contributed by atoms with Crippen LogP contribution in [0.2, 0.25) is 0 Å². The number of rotatable bonds is 2. The zero-order valence-electron chi connectivity index (χ0n) is 6.76. The number of hydrogen-bond donors (Lipinski definition) is 0. The minimum atomic E-state index is 0.592. The average molecular weight is 239 g/mol. The molecule has 0 saturated heterocycles. The van der Waals surface area contributed by atoms with Crippen molar-refractivity contribution in [3.05, 3.63) is 41.2 Å². The van der Waals surface area contributed by atoms with E-state index in [2.05, 4.69) is 31.0 Å².